The number of piperidine rings is 1. The minimum absolute atomic E-state index is 0.0256. The minimum Gasteiger partial charge on any atom is -0.548 e. The van der Waals surface area contributed by atoms with E-state index in [1.807, 2.05) is 0 Å². The first-order chi connectivity index (χ1) is 8.21. The zero-order chi connectivity index (χ0) is 13.7. The predicted octanol–water partition coefficient (Wildman–Crippen LogP) is 0.914. The lowest BCUT2D eigenvalue weighted by molar-refractivity contribution is -0.318. The Morgan fingerprint density at radius 3 is 2.50 bits per heavy atom. The highest BCUT2D eigenvalue weighted by Gasteiger charge is 2.62. The second-order valence-corrected chi connectivity index (χ2v) is 6.29. The standard InChI is InChI=1S/C13H21NO4/c1-5-13(10(15)16)7-8-6-9(8)14(13)11(17)18-12(2,3)4/h8-9H,5-7H2,1-4H3,(H,15,16)/p-1/t8-,9-,13+/m1/s1. The maximum absolute atomic E-state index is 12.2. The normalized spacial score (nSPS) is 34.1. The van der Waals surface area contributed by atoms with E-state index in [1.54, 1.807) is 27.7 Å². The van der Waals surface area contributed by atoms with E-state index >= 15 is 0 Å². The van der Waals surface area contributed by atoms with Gasteiger partial charge in [0, 0.05) is 6.04 Å². The van der Waals surface area contributed by atoms with Gasteiger partial charge in [-0.2, -0.15) is 0 Å². The minimum atomic E-state index is -1.17. The highest BCUT2D eigenvalue weighted by molar-refractivity contribution is 5.85. The monoisotopic (exact) mass is 254 g/mol. The number of amides is 1. The Bertz CT molecular complexity index is 387. The van der Waals surface area contributed by atoms with Crippen LogP contribution in [0.2, 0.25) is 0 Å². The number of carbonyl (C=O) groups is 2. The molecule has 0 N–H and O–H groups in total. The van der Waals surface area contributed by atoms with Crippen LogP contribution in [0.4, 0.5) is 4.79 Å². The number of aliphatic carboxylic acids is 1. The zero-order valence-electron chi connectivity index (χ0n) is 11.4. The molecule has 0 unspecified atom stereocenters. The molecule has 0 spiro atoms. The van der Waals surface area contributed by atoms with Gasteiger partial charge < -0.3 is 14.6 Å². The number of carboxylic acids is 1. The van der Waals surface area contributed by atoms with Crippen molar-refractivity contribution >= 4 is 12.1 Å². The van der Waals surface area contributed by atoms with Crippen LogP contribution in [-0.4, -0.2) is 34.1 Å². The van der Waals surface area contributed by atoms with Gasteiger partial charge in [0.25, 0.3) is 0 Å². The van der Waals surface area contributed by atoms with E-state index in [4.69, 9.17) is 4.74 Å². The van der Waals surface area contributed by atoms with Crippen LogP contribution >= 0.6 is 0 Å². The molecule has 0 radical (unpaired) electrons. The molecule has 0 bridgehead atoms. The first kappa shape index (κ1) is 13.2. The summed E-state index contributed by atoms with van der Waals surface area (Å²) < 4.78 is 5.32. The molecule has 3 atom stereocenters. The summed E-state index contributed by atoms with van der Waals surface area (Å²) in [6, 6.07) is 0.0256. The van der Waals surface area contributed by atoms with E-state index < -0.39 is 23.2 Å². The maximum atomic E-state index is 12.2. The second kappa shape index (κ2) is 3.87. The summed E-state index contributed by atoms with van der Waals surface area (Å²) >= 11 is 0. The summed E-state index contributed by atoms with van der Waals surface area (Å²) in [5.41, 5.74) is -1.79. The largest absolute Gasteiger partial charge is 0.548 e. The molecule has 2 fully saturated rings. The fourth-order valence-electron chi connectivity index (χ4n) is 2.88. The van der Waals surface area contributed by atoms with Crippen molar-refractivity contribution in [3.8, 4) is 0 Å². The molecule has 5 heteroatoms. The third-order valence-corrected chi connectivity index (χ3v) is 3.83. The maximum Gasteiger partial charge on any atom is 0.411 e. The van der Waals surface area contributed by atoms with E-state index in [-0.39, 0.29) is 6.04 Å². The average Bonchev–Trinajstić information content (AvgIpc) is 2.86. The van der Waals surface area contributed by atoms with E-state index in [9.17, 15) is 14.7 Å². The lowest BCUT2D eigenvalue weighted by Gasteiger charge is -2.41. The van der Waals surface area contributed by atoms with Crippen molar-refractivity contribution in [3.05, 3.63) is 0 Å². The smallest absolute Gasteiger partial charge is 0.411 e. The molecule has 2 rings (SSSR count). The van der Waals surface area contributed by atoms with Crippen molar-refractivity contribution in [2.24, 2.45) is 5.92 Å². The number of carboxylic acid groups (broad SMARTS) is 1. The van der Waals surface area contributed by atoms with Gasteiger partial charge in [-0.15, -0.1) is 0 Å². The van der Waals surface area contributed by atoms with Crippen molar-refractivity contribution in [1.29, 1.82) is 0 Å². The van der Waals surface area contributed by atoms with E-state index in [0.717, 1.165) is 6.42 Å². The fraction of sp³-hybridized carbons (Fsp3) is 0.846. The molecule has 1 aliphatic carbocycles. The van der Waals surface area contributed by atoms with Gasteiger partial charge in [-0.1, -0.05) is 6.92 Å². The number of nitrogens with zero attached hydrogens (tertiary/aromatic N) is 1. The van der Waals surface area contributed by atoms with Crippen molar-refractivity contribution in [1.82, 2.24) is 4.90 Å². The summed E-state index contributed by atoms with van der Waals surface area (Å²) in [7, 11) is 0. The number of ether oxygens (including phenoxy) is 1. The Labute approximate surface area is 107 Å². The van der Waals surface area contributed by atoms with Crippen molar-refractivity contribution in [2.45, 2.75) is 64.1 Å². The third-order valence-electron chi connectivity index (χ3n) is 3.83. The van der Waals surface area contributed by atoms with Gasteiger partial charge in [-0.25, -0.2) is 4.79 Å². The summed E-state index contributed by atoms with van der Waals surface area (Å²) in [5, 5.41) is 11.4. The van der Waals surface area contributed by atoms with Crippen molar-refractivity contribution in [3.63, 3.8) is 0 Å². The number of hydrogen-bond donors (Lipinski definition) is 0. The van der Waals surface area contributed by atoms with Crippen LogP contribution in [0, 0.1) is 5.92 Å². The molecule has 102 valence electrons. The molecular formula is C13H20NO4-. The Balaban J connectivity index is 2.23. The van der Waals surface area contributed by atoms with Crippen molar-refractivity contribution in [2.75, 3.05) is 0 Å². The van der Waals surface area contributed by atoms with Crippen LogP contribution in [0.15, 0.2) is 0 Å². The molecular weight excluding hydrogens is 234 g/mol. The average molecular weight is 254 g/mol. The summed E-state index contributed by atoms with van der Waals surface area (Å²) in [5.74, 6) is -0.863. The lowest BCUT2D eigenvalue weighted by Crippen LogP contribution is -2.60. The summed E-state index contributed by atoms with van der Waals surface area (Å²) in [6.45, 7) is 7.10. The van der Waals surface area contributed by atoms with Crippen LogP contribution in [0.25, 0.3) is 0 Å². The van der Waals surface area contributed by atoms with Crippen LogP contribution in [0.3, 0.4) is 0 Å². The highest BCUT2D eigenvalue weighted by Crippen LogP contribution is 2.54. The van der Waals surface area contributed by atoms with Crippen LogP contribution in [0.1, 0.15) is 47.0 Å². The molecule has 1 saturated carbocycles. The molecule has 18 heavy (non-hydrogen) atoms. The quantitative estimate of drug-likeness (QED) is 0.734. The predicted molar refractivity (Wildman–Crippen MR) is 62.6 cm³/mol. The number of rotatable bonds is 2. The van der Waals surface area contributed by atoms with Crippen LogP contribution < -0.4 is 5.11 Å². The molecule has 1 saturated heterocycles. The highest BCUT2D eigenvalue weighted by atomic mass is 16.6. The van der Waals surface area contributed by atoms with Crippen LogP contribution in [-0.2, 0) is 9.53 Å². The first-order valence-corrected chi connectivity index (χ1v) is 6.45. The SMILES string of the molecule is CC[C@@]1(C(=O)[O-])C[C@H]2C[C@H]2N1C(=O)OC(C)(C)C. The fourth-order valence-corrected chi connectivity index (χ4v) is 2.88. The molecule has 0 aromatic carbocycles. The van der Waals surface area contributed by atoms with Crippen molar-refractivity contribution < 1.29 is 19.4 Å². The van der Waals surface area contributed by atoms with Gasteiger partial charge in [0.15, 0.2) is 0 Å². The van der Waals surface area contributed by atoms with Gasteiger partial charge in [0.1, 0.15) is 5.60 Å². The van der Waals surface area contributed by atoms with Gasteiger partial charge in [0.2, 0.25) is 0 Å². The number of fused-ring (bicyclic) bond motifs is 1. The molecule has 1 aliphatic heterocycles. The molecule has 5 nitrogen and oxygen atoms in total. The summed E-state index contributed by atoms with van der Waals surface area (Å²) in [4.78, 5) is 25.0. The summed E-state index contributed by atoms with van der Waals surface area (Å²) in [6.07, 6.45) is 1.21. The lowest BCUT2D eigenvalue weighted by atomic mass is 9.91. The van der Waals surface area contributed by atoms with Crippen LogP contribution in [0.5, 0.6) is 0 Å². The zero-order valence-corrected chi connectivity index (χ0v) is 11.4. The Hall–Kier alpha value is -1.26. The second-order valence-electron chi connectivity index (χ2n) is 6.29. The Morgan fingerprint density at radius 2 is 2.06 bits per heavy atom. The van der Waals surface area contributed by atoms with E-state index in [0.29, 0.717) is 18.8 Å². The van der Waals surface area contributed by atoms with Gasteiger partial charge in [0.05, 0.1) is 11.5 Å². The van der Waals surface area contributed by atoms with Gasteiger partial charge >= 0.3 is 6.09 Å². The number of hydrogen-bond acceptors (Lipinski definition) is 4. The van der Waals surface area contributed by atoms with Gasteiger partial charge in [-0.05, 0) is 46.0 Å². The third kappa shape index (κ3) is 1.95. The molecule has 1 amide bonds. The number of likely N-dealkylation sites (tertiary alicyclic amines) is 1. The molecule has 0 aromatic rings. The van der Waals surface area contributed by atoms with E-state index in [1.165, 1.54) is 4.90 Å². The first-order valence-electron chi connectivity index (χ1n) is 6.45. The number of carbonyl (C=O) groups excluding carboxylic acids is 2. The topological polar surface area (TPSA) is 69.7 Å². The Kier molecular flexibility index (Phi) is 2.83. The molecule has 0 aromatic heterocycles. The van der Waals surface area contributed by atoms with Gasteiger partial charge in [-0.3, -0.25) is 4.90 Å². The Morgan fingerprint density at radius 1 is 1.44 bits per heavy atom. The molecule has 1 heterocycles. The van der Waals surface area contributed by atoms with E-state index in [2.05, 4.69) is 0 Å². The molecule has 2 aliphatic rings.